The molecule has 1 heterocycles. The van der Waals surface area contributed by atoms with Gasteiger partial charge in [0.05, 0.1) is 12.2 Å². The van der Waals surface area contributed by atoms with Crippen LogP contribution in [0.4, 0.5) is 5.69 Å². The molecule has 4 nitrogen and oxygen atoms in total. The number of nitrogens with zero attached hydrogens (tertiary/aromatic N) is 1. The van der Waals surface area contributed by atoms with E-state index in [1.807, 2.05) is 11.8 Å². The Morgan fingerprint density at radius 2 is 2.21 bits per heavy atom. The lowest BCUT2D eigenvalue weighted by Crippen LogP contribution is -2.38. The smallest absolute Gasteiger partial charge is 0.338 e. The van der Waals surface area contributed by atoms with Crippen molar-refractivity contribution in [1.29, 1.82) is 0 Å². The van der Waals surface area contributed by atoms with Gasteiger partial charge in [-0.25, -0.2) is 4.79 Å². The van der Waals surface area contributed by atoms with E-state index >= 15 is 0 Å². The summed E-state index contributed by atoms with van der Waals surface area (Å²) < 4.78 is 4.94. The van der Waals surface area contributed by atoms with E-state index in [0.29, 0.717) is 24.3 Å². The van der Waals surface area contributed by atoms with Crippen LogP contribution in [0.2, 0.25) is 0 Å². The summed E-state index contributed by atoms with van der Waals surface area (Å²) in [5.74, 6) is -0.444. The Bertz CT molecular complexity index is 515. The molecule has 0 saturated carbocycles. The number of esters is 1. The van der Waals surface area contributed by atoms with Crippen LogP contribution in [0.25, 0.3) is 0 Å². The van der Waals surface area contributed by atoms with E-state index in [-0.39, 0.29) is 17.7 Å². The number of benzene rings is 1. The lowest BCUT2D eigenvalue weighted by Gasteiger charge is -2.33. The van der Waals surface area contributed by atoms with Crippen molar-refractivity contribution in [2.45, 2.75) is 25.8 Å². The molecule has 0 bridgehead atoms. The molecule has 0 amide bonds. The van der Waals surface area contributed by atoms with E-state index in [1.165, 1.54) is 0 Å². The van der Waals surface area contributed by atoms with E-state index in [9.17, 15) is 9.59 Å². The number of rotatable bonds is 3. The highest BCUT2D eigenvalue weighted by molar-refractivity contribution is 6.25. The van der Waals surface area contributed by atoms with Crippen molar-refractivity contribution in [2.75, 3.05) is 18.1 Å². The minimum atomic E-state index is -0.408. The topological polar surface area (TPSA) is 46.6 Å². The van der Waals surface area contributed by atoms with Gasteiger partial charge in [0.15, 0.2) is 5.78 Å². The lowest BCUT2D eigenvalue weighted by atomic mass is 9.98. The Balaban J connectivity index is 2.41. The molecule has 2 rings (SSSR count). The maximum absolute atomic E-state index is 12.0. The van der Waals surface area contributed by atoms with Crippen molar-refractivity contribution in [1.82, 2.24) is 0 Å². The third-order valence-electron chi connectivity index (χ3n) is 3.15. The summed E-state index contributed by atoms with van der Waals surface area (Å²) in [4.78, 5) is 25.7. The highest BCUT2D eigenvalue weighted by Crippen LogP contribution is 2.32. The summed E-state index contributed by atoms with van der Waals surface area (Å²) in [5.41, 5.74) is 1.41. The Morgan fingerprint density at radius 1 is 1.47 bits per heavy atom. The van der Waals surface area contributed by atoms with Crippen LogP contribution in [0.3, 0.4) is 0 Å². The summed E-state index contributed by atoms with van der Waals surface area (Å²) in [5, 5.41) is 0. The van der Waals surface area contributed by atoms with Crippen LogP contribution < -0.4 is 4.90 Å². The molecule has 0 radical (unpaired) electrons. The van der Waals surface area contributed by atoms with Crippen LogP contribution in [0, 0.1) is 0 Å². The largest absolute Gasteiger partial charge is 0.462 e. The second kappa shape index (κ2) is 5.61. The number of alkyl halides is 1. The number of carbonyl (C=O) groups excluding carboxylic acids is 2. The fourth-order valence-corrected chi connectivity index (χ4v) is 2.63. The number of fused-ring (bicyclic) bond motifs is 1. The zero-order chi connectivity index (χ0) is 14.0. The van der Waals surface area contributed by atoms with Gasteiger partial charge >= 0.3 is 5.97 Å². The first-order chi connectivity index (χ1) is 9.08. The number of carbonyl (C=O) groups is 2. The predicted octanol–water partition coefficient (Wildman–Crippen LogP) is 2.84. The molecule has 1 aromatic rings. The quantitative estimate of drug-likeness (QED) is 0.486. The minimum absolute atomic E-state index is 0.0363. The lowest BCUT2D eigenvalue weighted by molar-refractivity contribution is 0.0526. The highest BCUT2D eigenvalue weighted by Gasteiger charge is 2.29. The summed E-state index contributed by atoms with van der Waals surface area (Å²) in [6, 6.07) is 5.03. The molecule has 0 spiro atoms. The summed E-state index contributed by atoms with van der Waals surface area (Å²) in [6.45, 7) is 4.76. The van der Waals surface area contributed by atoms with Gasteiger partial charge in [-0.05, 0) is 32.0 Å². The fraction of sp³-hybridized carbons (Fsp3) is 0.429. The molecule has 1 aliphatic rings. The van der Waals surface area contributed by atoms with Gasteiger partial charge in [0.1, 0.15) is 5.50 Å². The molecule has 1 atom stereocenters. The molecular weight excluding hydrogens is 266 g/mol. The number of hydrogen-bond donors (Lipinski definition) is 0. The number of hydrogen-bond acceptors (Lipinski definition) is 4. The molecule has 0 saturated heterocycles. The monoisotopic (exact) mass is 281 g/mol. The number of anilines is 1. The Morgan fingerprint density at radius 3 is 2.84 bits per heavy atom. The highest BCUT2D eigenvalue weighted by atomic mass is 35.5. The van der Waals surface area contributed by atoms with Gasteiger partial charge in [0.2, 0.25) is 0 Å². The maximum atomic E-state index is 12.0. The van der Waals surface area contributed by atoms with Gasteiger partial charge in [-0.15, -0.1) is 0 Å². The van der Waals surface area contributed by atoms with Crippen molar-refractivity contribution in [3.05, 3.63) is 29.3 Å². The molecule has 0 fully saturated rings. The first-order valence-electron chi connectivity index (χ1n) is 6.33. The van der Waals surface area contributed by atoms with Crippen LogP contribution in [0.15, 0.2) is 18.2 Å². The number of halogens is 1. The van der Waals surface area contributed by atoms with E-state index in [0.717, 1.165) is 5.69 Å². The summed E-state index contributed by atoms with van der Waals surface area (Å²) >= 11 is 6.17. The van der Waals surface area contributed by atoms with Gasteiger partial charge in [-0.1, -0.05) is 11.6 Å². The molecule has 0 aliphatic carbocycles. The predicted molar refractivity (Wildman–Crippen MR) is 74.0 cm³/mol. The molecule has 5 heteroatoms. The third kappa shape index (κ3) is 2.59. The number of ketones is 1. The Labute approximate surface area is 117 Å². The van der Waals surface area contributed by atoms with Gasteiger partial charge in [-0.2, -0.15) is 0 Å². The van der Waals surface area contributed by atoms with Crippen molar-refractivity contribution < 1.29 is 14.3 Å². The van der Waals surface area contributed by atoms with Crippen LogP contribution in [-0.2, 0) is 4.74 Å². The Kier molecular flexibility index (Phi) is 4.10. The van der Waals surface area contributed by atoms with Crippen LogP contribution in [0.5, 0.6) is 0 Å². The maximum Gasteiger partial charge on any atom is 0.338 e. The van der Waals surface area contributed by atoms with Crippen molar-refractivity contribution in [3.63, 3.8) is 0 Å². The molecule has 19 heavy (non-hydrogen) atoms. The van der Waals surface area contributed by atoms with Crippen LogP contribution >= 0.6 is 11.6 Å². The average molecular weight is 282 g/mol. The van der Waals surface area contributed by atoms with Crippen LogP contribution in [0.1, 0.15) is 41.0 Å². The van der Waals surface area contributed by atoms with Crippen molar-refractivity contribution in [2.24, 2.45) is 0 Å². The zero-order valence-electron chi connectivity index (χ0n) is 11.0. The molecular formula is C14H16ClNO3. The molecule has 1 unspecified atom stereocenters. The molecule has 102 valence electrons. The standard InChI is InChI=1S/C14H16ClNO3/c1-3-16-11-6-5-9(14(18)19-4-2)7-10(11)12(17)8-13(16)15/h5-7,13H,3-4,8H2,1-2H3. The van der Waals surface area contributed by atoms with E-state index in [2.05, 4.69) is 0 Å². The SMILES string of the molecule is CCOC(=O)c1ccc2c(c1)C(=O)CC(Cl)N2CC. The van der Waals surface area contributed by atoms with Gasteiger partial charge in [0.25, 0.3) is 0 Å². The molecule has 1 aliphatic heterocycles. The zero-order valence-corrected chi connectivity index (χ0v) is 11.7. The normalized spacial score (nSPS) is 18.2. The van der Waals surface area contributed by atoms with E-state index < -0.39 is 5.97 Å². The first kappa shape index (κ1) is 13.9. The first-order valence-corrected chi connectivity index (χ1v) is 6.77. The summed E-state index contributed by atoms with van der Waals surface area (Å²) in [7, 11) is 0. The molecule has 0 N–H and O–H groups in total. The van der Waals surface area contributed by atoms with Gasteiger partial charge in [-0.3, -0.25) is 4.79 Å². The molecule has 1 aromatic carbocycles. The van der Waals surface area contributed by atoms with Crippen molar-refractivity contribution >= 4 is 29.0 Å². The second-order valence-electron chi connectivity index (χ2n) is 4.30. The second-order valence-corrected chi connectivity index (χ2v) is 4.80. The Hall–Kier alpha value is -1.55. The number of Topliss-reactive ketones (excluding diaryl/α,β-unsaturated/α-hetero) is 1. The van der Waals surface area contributed by atoms with Gasteiger partial charge < -0.3 is 9.64 Å². The average Bonchev–Trinajstić information content (AvgIpc) is 2.39. The van der Waals surface area contributed by atoms with Gasteiger partial charge in [0, 0.05) is 24.2 Å². The minimum Gasteiger partial charge on any atom is -0.462 e. The molecule has 0 aromatic heterocycles. The fourth-order valence-electron chi connectivity index (χ4n) is 2.24. The van der Waals surface area contributed by atoms with Crippen LogP contribution in [-0.4, -0.2) is 30.4 Å². The number of ether oxygens (including phenoxy) is 1. The van der Waals surface area contributed by atoms with Crippen molar-refractivity contribution in [3.8, 4) is 0 Å². The van der Waals surface area contributed by atoms with E-state index in [4.69, 9.17) is 16.3 Å². The third-order valence-corrected chi connectivity index (χ3v) is 3.54. The summed E-state index contributed by atoms with van der Waals surface area (Å²) in [6.07, 6.45) is 0.259. The van der Waals surface area contributed by atoms with E-state index in [1.54, 1.807) is 25.1 Å².